The standard InChI is InChI=1S/C26H25N3O4S/c1-16(2)14-29-24(31)21-11-9-19(25(32)33-3)13-22(21)28-26(29)34-15-23(30)27-20-10-8-17-6-4-5-7-18(17)12-20/h4-13,16H,14-15H2,1-3H3,(H,27,30). The molecule has 0 fully saturated rings. The third-order valence-electron chi connectivity index (χ3n) is 5.25. The van der Waals surface area contributed by atoms with E-state index in [4.69, 9.17) is 4.74 Å². The Hall–Kier alpha value is -3.65. The van der Waals surface area contributed by atoms with E-state index in [1.54, 1.807) is 22.8 Å². The number of hydrogen-bond acceptors (Lipinski definition) is 6. The topological polar surface area (TPSA) is 90.3 Å². The van der Waals surface area contributed by atoms with Crippen molar-refractivity contribution in [3.05, 3.63) is 76.6 Å². The van der Waals surface area contributed by atoms with Gasteiger partial charge in [-0.15, -0.1) is 0 Å². The lowest BCUT2D eigenvalue weighted by atomic mass is 10.1. The van der Waals surface area contributed by atoms with E-state index in [2.05, 4.69) is 10.3 Å². The van der Waals surface area contributed by atoms with Crippen LogP contribution in [-0.2, 0) is 16.1 Å². The maximum Gasteiger partial charge on any atom is 0.337 e. The summed E-state index contributed by atoms with van der Waals surface area (Å²) in [4.78, 5) is 42.4. The molecular formula is C26H25N3O4S. The minimum atomic E-state index is -0.501. The molecule has 3 aromatic carbocycles. The third kappa shape index (κ3) is 5.12. The summed E-state index contributed by atoms with van der Waals surface area (Å²) in [5.41, 5.74) is 1.21. The Labute approximate surface area is 201 Å². The van der Waals surface area contributed by atoms with Gasteiger partial charge in [-0.1, -0.05) is 55.9 Å². The molecule has 7 nitrogen and oxygen atoms in total. The number of rotatable bonds is 7. The van der Waals surface area contributed by atoms with Crippen molar-refractivity contribution < 1.29 is 14.3 Å². The van der Waals surface area contributed by atoms with Gasteiger partial charge in [0.05, 0.1) is 29.3 Å². The summed E-state index contributed by atoms with van der Waals surface area (Å²) in [5, 5.41) is 5.89. The fourth-order valence-corrected chi connectivity index (χ4v) is 4.48. The van der Waals surface area contributed by atoms with E-state index in [0.717, 1.165) is 10.8 Å². The number of amides is 1. The zero-order chi connectivity index (χ0) is 24.2. The number of carbonyl (C=O) groups is 2. The molecule has 0 aliphatic rings. The summed E-state index contributed by atoms with van der Waals surface area (Å²) in [5.74, 6) is -0.412. The predicted molar refractivity (Wildman–Crippen MR) is 135 cm³/mol. The fraction of sp³-hybridized carbons (Fsp3) is 0.231. The molecule has 0 spiro atoms. The number of anilines is 1. The Morgan fingerprint density at radius 3 is 2.56 bits per heavy atom. The number of benzene rings is 3. The smallest absolute Gasteiger partial charge is 0.337 e. The van der Waals surface area contributed by atoms with Crippen molar-refractivity contribution in [2.75, 3.05) is 18.2 Å². The summed E-state index contributed by atoms with van der Waals surface area (Å²) in [6.45, 7) is 4.49. The van der Waals surface area contributed by atoms with Crippen LogP contribution in [0.5, 0.6) is 0 Å². The monoisotopic (exact) mass is 475 g/mol. The van der Waals surface area contributed by atoms with E-state index in [0.29, 0.717) is 33.9 Å². The Balaban J connectivity index is 1.59. The largest absolute Gasteiger partial charge is 0.465 e. The maximum absolute atomic E-state index is 13.2. The van der Waals surface area contributed by atoms with Crippen LogP contribution in [0.15, 0.2) is 70.6 Å². The van der Waals surface area contributed by atoms with Crippen molar-refractivity contribution in [2.45, 2.75) is 25.5 Å². The zero-order valence-electron chi connectivity index (χ0n) is 19.2. The SMILES string of the molecule is COC(=O)c1ccc2c(=O)n(CC(C)C)c(SCC(=O)Nc3ccc4ccccc4c3)nc2c1. The minimum absolute atomic E-state index is 0.0829. The fourth-order valence-electron chi connectivity index (χ4n) is 3.68. The van der Waals surface area contributed by atoms with E-state index in [-0.39, 0.29) is 23.1 Å². The molecule has 0 unspecified atom stereocenters. The van der Waals surface area contributed by atoms with E-state index < -0.39 is 5.97 Å². The number of hydrogen-bond donors (Lipinski definition) is 1. The number of nitrogens with zero attached hydrogens (tertiary/aromatic N) is 2. The highest BCUT2D eigenvalue weighted by Gasteiger charge is 2.16. The van der Waals surface area contributed by atoms with Crippen LogP contribution >= 0.6 is 11.8 Å². The third-order valence-corrected chi connectivity index (χ3v) is 6.23. The molecule has 0 aliphatic heterocycles. The van der Waals surface area contributed by atoms with Crippen LogP contribution in [0, 0.1) is 5.92 Å². The van der Waals surface area contributed by atoms with Gasteiger partial charge < -0.3 is 10.1 Å². The quantitative estimate of drug-likeness (QED) is 0.236. The minimum Gasteiger partial charge on any atom is -0.465 e. The van der Waals surface area contributed by atoms with Crippen molar-refractivity contribution in [3.63, 3.8) is 0 Å². The van der Waals surface area contributed by atoms with E-state index in [9.17, 15) is 14.4 Å². The van der Waals surface area contributed by atoms with Gasteiger partial charge in [-0.3, -0.25) is 14.2 Å². The average molecular weight is 476 g/mol. The van der Waals surface area contributed by atoms with Gasteiger partial charge in [0.2, 0.25) is 5.91 Å². The number of ether oxygens (including phenoxy) is 1. The Bertz CT molecular complexity index is 1450. The van der Waals surface area contributed by atoms with Gasteiger partial charge in [-0.25, -0.2) is 9.78 Å². The summed E-state index contributed by atoms with van der Waals surface area (Å²) in [6, 6.07) is 18.4. The first kappa shape index (κ1) is 23.5. The first-order valence-corrected chi connectivity index (χ1v) is 11.9. The van der Waals surface area contributed by atoms with Crippen LogP contribution in [0.1, 0.15) is 24.2 Å². The van der Waals surface area contributed by atoms with E-state index >= 15 is 0 Å². The lowest BCUT2D eigenvalue weighted by Crippen LogP contribution is -2.26. The second kappa shape index (κ2) is 10.1. The number of thioether (sulfide) groups is 1. The number of aromatic nitrogens is 2. The molecule has 1 heterocycles. The van der Waals surface area contributed by atoms with Crippen LogP contribution in [-0.4, -0.2) is 34.3 Å². The average Bonchev–Trinajstić information content (AvgIpc) is 2.83. The number of nitrogens with one attached hydrogen (secondary N) is 1. The highest BCUT2D eigenvalue weighted by atomic mass is 32.2. The highest BCUT2D eigenvalue weighted by Crippen LogP contribution is 2.22. The molecule has 1 N–H and O–H groups in total. The molecule has 0 aliphatic carbocycles. The first-order chi connectivity index (χ1) is 16.4. The van der Waals surface area contributed by atoms with Crippen molar-refractivity contribution in [1.82, 2.24) is 9.55 Å². The molecule has 4 rings (SSSR count). The van der Waals surface area contributed by atoms with E-state index in [1.165, 1.54) is 18.9 Å². The molecule has 0 saturated carbocycles. The highest BCUT2D eigenvalue weighted by molar-refractivity contribution is 7.99. The van der Waals surface area contributed by atoms with Gasteiger partial charge in [0, 0.05) is 12.2 Å². The van der Waals surface area contributed by atoms with Gasteiger partial charge in [-0.05, 0) is 47.0 Å². The van der Waals surface area contributed by atoms with Crippen LogP contribution in [0.3, 0.4) is 0 Å². The molecule has 0 bridgehead atoms. The first-order valence-electron chi connectivity index (χ1n) is 10.9. The summed E-state index contributed by atoms with van der Waals surface area (Å²) in [7, 11) is 1.30. The summed E-state index contributed by atoms with van der Waals surface area (Å²) >= 11 is 1.19. The predicted octanol–water partition coefficient (Wildman–Crippen LogP) is 4.72. The van der Waals surface area contributed by atoms with Crippen molar-refractivity contribution in [1.29, 1.82) is 0 Å². The van der Waals surface area contributed by atoms with Gasteiger partial charge >= 0.3 is 5.97 Å². The Morgan fingerprint density at radius 2 is 1.82 bits per heavy atom. The van der Waals surface area contributed by atoms with Crippen LogP contribution < -0.4 is 10.9 Å². The lowest BCUT2D eigenvalue weighted by Gasteiger charge is -2.15. The molecule has 8 heteroatoms. The normalized spacial score (nSPS) is 11.2. The molecule has 0 saturated heterocycles. The van der Waals surface area contributed by atoms with Crippen LogP contribution in [0.2, 0.25) is 0 Å². The Kier molecular flexibility index (Phi) is 6.98. The second-order valence-corrected chi connectivity index (χ2v) is 9.27. The molecule has 1 aromatic heterocycles. The molecule has 0 radical (unpaired) electrons. The number of methoxy groups -OCH3 is 1. The second-order valence-electron chi connectivity index (χ2n) is 8.33. The van der Waals surface area contributed by atoms with Gasteiger partial charge in [0.25, 0.3) is 5.56 Å². The van der Waals surface area contributed by atoms with Gasteiger partial charge in [0.15, 0.2) is 5.16 Å². The van der Waals surface area contributed by atoms with Crippen molar-refractivity contribution in [3.8, 4) is 0 Å². The lowest BCUT2D eigenvalue weighted by molar-refractivity contribution is -0.113. The van der Waals surface area contributed by atoms with Crippen molar-refractivity contribution in [2.24, 2.45) is 5.92 Å². The molecule has 0 atom stereocenters. The summed E-state index contributed by atoms with van der Waals surface area (Å²) < 4.78 is 6.37. The molecule has 174 valence electrons. The molecule has 34 heavy (non-hydrogen) atoms. The van der Waals surface area contributed by atoms with Crippen LogP contribution in [0.25, 0.3) is 21.7 Å². The number of esters is 1. The molecular weight excluding hydrogens is 450 g/mol. The van der Waals surface area contributed by atoms with E-state index in [1.807, 2.05) is 56.3 Å². The summed E-state index contributed by atoms with van der Waals surface area (Å²) in [6.07, 6.45) is 0. The zero-order valence-corrected chi connectivity index (χ0v) is 20.0. The number of fused-ring (bicyclic) bond motifs is 2. The maximum atomic E-state index is 13.2. The number of carbonyl (C=O) groups excluding carboxylic acids is 2. The molecule has 4 aromatic rings. The van der Waals surface area contributed by atoms with Crippen molar-refractivity contribution >= 4 is 51.0 Å². The van der Waals surface area contributed by atoms with Gasteiger partial charge in [-0.2, -0.15) is 0 Å². The Morgan fingerprint density at radius 1 is 1.06 bits per heavy atom. The molecule has 1 amide bonds. The van der Waals surface area contributed by atoms with Gasteiger partial charge in [0.1, 0.15) is 0 Å². The van der Waals surface area contributed by atoms with Crippen LogP contribution in [0.4, 0.5) is 5.69 Å².